The normalized spacial score (nSPS) is 19.7. The van der Waals surface area contributed by atoms with E-state index in [2.05, 4.69) is 30.9 Å². The number of hydrogen-bond donors (Lipinski definition) is 1. The molecular weight excluding hydrogens is 198 g/mol. The zero-order valence-electron chi connectivity index (χ0n) is 9.59. The monoisotopic (exact) mass is 217 g/mol. The molecule has 2 rings (SSSR count). The molecule has 1 aromatic carbocycles. The van der Waals surface area contributed by atoms with Crippen LogP contribution in [0.25, 0.3) is 5.57 Å². The quantitative estimate of drug-likeness (QED) is 0.563. The SMILES string of the molecule is C[Si]1(C)C=C(c2ccccc2N)CCC1. The third-order valence-corrected chi connectivity index (χ3v) is 5.91. The second-order valence-corrected chi connectivity index (χ2v) is 9.86. The lowest BCUT2D eigenvalue weighted by atomic mass is 10.0. The van der Waals surface area contributed by atoms with Gasteiger partial charge in [0.2, 0.25) is 0 Å². The summed E-state index contributed by atoms with van der Waals surface area (Å²) in [5.41, 5.74) is 12.2. The van der Waals surface area contributed by atoms with Crippen molar-refractivity contribution < 1.29 is 0 Å². The summed E-state index contributed by atoms with van der Waals surface area (Å²) < 4.78 is 0. The predicted molar refractivity (Wildman–Crippen MR) is 70.4 cm³/mol. The summed E-state index contributed by atoms with van der Waals surface area (Å²) in [6, 6.07) is 9.65. The Balaban J connectivity index is 2.40. The van der Waals surface area contributed by atoms with Crippen LogP contribution < -0.4 is 5.73 Å². The molecule has 0 bridgehead atoms. The highest BCUT2D eigenvalue weighted by Gasteiger charge is 2.23. The zero-order valence-corrected chi connectivity index (χ0v) is 10.6. The molecule has 15 heavy (non-hydrogen) atoms. The average Bonchev–Trinajstić information content (AvgIpc) is 2.17. The fourth-order valence-electron chi connectivity index (χ4n) is 2.35. The van der Waals surface area contributed by atoms with E-state index in [1.54, 1.807) is 0 Å². The minimum atomic E-state index is -1.08. The Kier molecular flexibility index (Phi) is 2.70. The summed E-state index contributed by atoms with van der Waals surface area (Å²) >= 11 is 0. The van der Waals surface area contributed by atoms with Crippen LogP contribution in [-0.2, 0) is 0 Å². The molecule has 80 valence electrons. The molecule has 0 amide bonds. The van der Waals surface area contributed by atoms with Crippen LogP contribution in [0.4, 0.5) is 5.69 Å². The molecule has 0 unspecified atom stereocenters. The lowest BCUT2D eigenvalue weighted by molar-refractivity contribution is 0.936. The number of rotatable bonds is 1. The van der Waals surface area contributed by atoms with Crippen LogP contribution in [0.2, 0.25) is 19.1 Å². The minimum absolute atomic E-state index is 0.926. The first-order chi connectivity index (χ1) is 7.08. The topological polar surface area (TPSA) is 26.0 Å². The van der Waals surface area contributed by atoms with E-state index in [9.17, 15) is 0 Å². The standard InChI is InChI=1S/C13H19NSi/c1-15(2)9-5-6-11(10-15)12-7-3-4-8-13(12)14/h3-4,7-8,10H,5-6,9,14H2,1-2H3. The van der Waals surface area contributed by atoms with Crippen molar-refractivity contribution in [1.29, 1.82) is 0 Å². The van der Waals surface area contributed by atoms with E-state index < -0.39 is 8.07 Å². The van der Waals surface area contributed by atoms with Crippen LogP contribution in [0.1, 0.15) is 18.4 Å². The van der Waals surface area contributed by atoms with Crippen molar-refractivity contribution in [2.24, 2.45) is 0 Å². The highest BCUT2D eigenvalue weighted by Crippen LogP contribution is 2.33. The van der Waals surface area contributed by atoms with Gasteiger partial charge in [0, 0.05) is 5.69 Å². The molecule has 0 spiro atoms. The van der Waals surface area contributed by atoms with Crippen molar-refractivity contribution >= 4 is 19.3 Å². The average molecular weight is 217 g/mol. The first-order valence-electron chi connectivity index (χ1n) is 5.65. The molecule has 1 aromatic rings. The van der Waals surface area contributed by atoms with Gasteiger partial charge in [0.25, 0.3) is 0 Å². The number of nitrogen functional groups attached to an aromatic ring is 1. The maximum Gasteiger partial charge on any atom is 0.0721 e. The van der Waals surface area contributed by atoms with Gasteiger partial charge in [-0.25, -0.2) is 0 Å². The van der Waals surface area contributed by atoms with Gasteiger partial charge in [-0.3, -0.25) is 0 Å². The summed E-state index contributed by atoms with van der Waals surface area (Å²) in [5.74, 6) is 0. The summed E-state index contributed by atoms with van der Waals surface area (Å²) in [6.45, 7) is 4.87. The van der Waals surface area contributed by atoms with Gasteiger partial charge in [0.05, 0.1) is 8.07 Å². The molecule has 0 fully saturated rings. The molecule has 2 heteroatoms. The summed E-state index contributed by atoms with van der Waals surface area (Å²) in [5, 5.41) is 0. The van der Waals surface area contributed by atoms with Crippen LogP contribution in [0.5, 0.6) is 0 Å². The van der Waals surface area contributed by atoms with Crippen molar-refractivity contribution in [3.63, 3.8) is 0 Å². The lowest BCUT2D eigenvalue weighted by Crippen LogP contribution is -2.25. The molecule has 1 aliphatic rings. The molecule has 2 N–H and O–H groups in total. The van der Waals surface area contributed by atoms with Crippen molar-refractivity contribution in [2.75, 3.05) is 5.73 Å². The molecule has 1 nitrogen and oxygen atoms in total. The molecule has 0 aliphatic carbocycles. The molecular formula is C13H19NSi. The van der Waals surface area contributed by atoms with Gasteiger partial charge < -0.3 is 5.73 Å². The molecule has 0 saturated heterocycles. The molecule has 1 aliphatic heterocycles. The maximum atomic E-state index is 6.01. The second-order valence-electron chi connectivity index (χ2n) is 5.10. The second kappa shape index (κ2) is 3.85. The van der Waals surface area contributed by atoms with E-state index in [1.165, 1.54) is 30.0 Å². The Morgan fingerprint density at radius 2 is 1.93 bits per heavy atom. The van der Waals surface area contributed by atoms with E-state index in [-0.39, 0.29) is 0 Å². The minimum Gasteiger partial charge on any atom is -0.398 e. The fraction of sp³-hybridized carbons (Fsp3) is 0.385. The summed E-state index contributed by atoms with van der Waals surface area (Å²) in [6.07, 6.45) is 2.53. The molecule has 1 heterocycles. The van der Waals surface area contributed by atoms with Crippen LogP contribution in [-0.4, -0.2) is 8.07 Å². The largest absolute Gasteiger partial charge is 0.398 e. The van der Waals surface area contributed by atoms with Crippen molar-refractivity contribution in [3.05, 3.63) is 35.5 Å². The predicted octanol–water partition coefficient (Wildman–Crippen LogP) is 3.69. The number of anilines is 1. The zero-order chi connectivity index (χ0) is 10.9. The Bertz CT molecular complexity index is 393. The van der Waals surface area contributed by atoms with Crippen LogP contribution in [0, 0.1) is 0 Å². The lowest BCUT2D eigenvalue weighted by Gasteiger charge is -2.26. The van der Waals surface area contributed by atoms with Gasteiger partial charge >= 0.3 is 0 Å². The van der Waals surface area contributed by atoms with Gasteiger partial charge in [-0.05, 0) is 23.6 Å². The van der Waals surface area contributed by atoms with E-state index in [0.29, 0.717) is 0 Å². The molecule has 0 atom stereocenters. The van der Waals surface area contributed by atoms with E-state index in [4.69, 9.17) is 5.73 Å². The van der Waals surface area contributed by atoms with Gasteiger partial charge in [0.1, 0.15) is 0 Å². The third-order valence-electron chi connectivity index (χ3n) is 3.14. The number of nitrogens with two attached hydrogens (primary N) is 1. The van der Waals surface area contributed by atoms with Gasteiger partial charge in [-0.2, -0.15) is 0 Å². The smallest absolute Gasteiger partial charge is 0.0721 e. The Morgan fingerprint density at radius 3 is 2.60 bits per heavy atom. The molecule has 0 aromatic heterocycles. The number of benzene rings is 1. The highest BCUT2D eigenvalue weighted by molar-refractivity contribution is 6.83. The third kappa shape index (κ3) is 2.32. The molecule has 0 radical (unpaired) electrons. The maximum absolute atomic E-state index is 6.01. The number of hydrogen-bond acceptors (Lipinski definition) is 1. The first kappa shape index (κ1) is 10.5. The van der Waals surface area contributed by atoms with E-state index in [0.717, 1.165) is 5.69 Å². The number of allylic oxidation sites excluding steroid dienone is 1. The van der Waals surface area contributed by atoms with E-state index >= 15 is 0 Å². The van der Waals surface area contributed by atoms with Crippen molar-refractivity contribution in [3.8, 4) is 0 Å². The highest BCUT2D eigenvalue weighted by atomic mass is 28.3. The molecule has 0 saturated carbocycles. The van der Waals surface area contributed by atoms with Crippen LogP contribution in [0.15, 0.2) is 30.0 Å². The number of para-hydroxylation sites is 1. The Hall–Kier alpha value is -1.02. The van der Waals surface area contributed by atoms with Crippen molar-refractivity contribution in [2.45, 2.75) is 32.0 Å². The van der Waals surface area contributed by atoms with Crippen LogP contribution in [0.3, 0.4) is 0 Å². The Morgan fingerprint density at radius 1 is 1.20 bits per heavy atom. The van der Waals surface area contributed by atoms with E-state index in [1.807, 2.05) is 12.1 Å². The van der Waals surface area contributed by atoms with Crippen LogP contribution >= 0.6 is 0 Å². The van der Waals surface area contributed by atoms with Gasteiger partial charge in [-0.1, -0.05) is 49.5 Å². The Labute approximate surface area is 93.0 Å². The first-order valence-corrected chi connectivity index (χ1v) is 8.93. The summed E-state index contributed by atoms with van der Waals surface area (Å²) in [4.78, 5) is 0. The van der Waals surface area contributed by atoms with Gasteiger partial charge in [-0.15, -0.1) is 0 Å². The fourth-order valence-corrected chi connectivity index (χ4v) is 4.83. The summed E-state index contributed by atoms with van der Waals surface area (Å²) in [7, 11) is -1.08. The van der Waals surface area contributed by atoms with Crippen molar-refractivity contribution in [1.82, 2.24) is 0 Å². The van der Waals surface area contributed by atoms with Gasteiger partial charge in [0.15, 0.2) is 0 Å².